The molecular weight excluding hydrogens is 564 g/mol. The molecule has 0 saturated heterocycles. The van der Waals surface area contributed by atoms with Crippen molar-refractivity contribution in [2.45, 2.75) is 84.7 Å². The summed E-state index contributed by atoms with van der Waals surface area (Å²) in [4.78, 5) is 36.0. The van der Waals surface area contributed by atoms with Gasteiger partial charge in [0, 0.05) is 24.0 Å². The molecule has 1 heterocycles. The molecule has 9 nitrogen and oxygen atoms in total. The van der Waals surface area contributed by atoms with E-state index >= 15 is 0 Å². The third-order valence-corrected chi connectivity index (χ3v) is 7.36. The van der Waals surface area contributed by atoms with E-state index in [1.54, 1.807) is 32.2 Å². The van der Waals surface area contributed by atoms with E-state index in [2.05, 4.69) is 18.8 Å². The first kappa shape index (κ1) is 34.5. The minimum Gasteiger partial charge on any atom is -0.496 e. The molecule has 0 radical (unpaired) electrons. The smallest absolute Gasteiger partial charge is 0.303 e. The molecule has 1 atom stereocenters. The molecule has 238 valence electrons. The van der Waals surface area contributed by atoms with Gasteiger partial charge in [-0.3, -0.25) is 14.4 Å². The van der Waals surface area contributed by atoms with Crippen molar-refractivity contribution in [3.05, 3.63) is 46.5 Å². The fourth-order valence-electron chi connectivity index (χ4n) is 5.22. The molecule has 44 heavy (non-hydrogen) atoms. The molecule has 0 amide bonds. The number of benzene rings is 2. The Morgan fingerprint density at radius 1 is 0.977 bits per heavy atom. The van der Waals surface area contributed by atoms with Crippen LogP contribution in [0.5, 0.6) is 23.0 Å². The van der Waals surface area contributed by atoms with Crippen LogP contribution in [-0.4, -0.2) is 61.8 Å². The van der Waals surface area contributed by atoms with Crippen LogP contribution in [0.4, 0.5) is 0 Å². The van der Waals surface area contributed by atoms with Gasteiger partial charge in [-0.25, -0.2) is 0 Å². The Bertz CT molecular complexity index is 1380. The van der Waals surface area contributed by atoms with Gasteiger partial charge in [0.25, 0.3) is 0 Å². The average Bonchev–Trinajstić information content (AvgIpc) is 2.98. The molecule has 0 aliphatic carbocycles. The first-order chi connectivity index (χ1) is 21.1. The average molecular weight is 609 g/mol. The second-order valence-corrected chi connectivity index (χ2v) is 11.0. The van der Waals surface area contributed by atoms with Gasteiger partial charge in [0.1, 0.15) is 41.8 Å². The molecular formula is C35H44O9. The lowest BCUT2D eigenvalue weighted by Gasteiger charge is -2.36. The number of methoxy groups -OCH3 is 1. The van der Waals surface area contributed by atoms with E-state index in [1.165, 1.54) is 6.92 Å². The Balaban J connectivity index is 1.49. The Kier molecular flexibility index (Phi) is 13.1. The highest BCUT2D eigenvalue weighted by atomic mass is 16.5. The van der Waals surface area contributed by atoms with Crippen LogP contribution in [-0.2, 0) is 22.4 Å². The highest BCUT2D eigenvalue weighted by Gasteiger charge is 2.38. The molecule has 9 heteroatoms. The van der Waals surface area contributed by atoms with E-state index in [0.29, 0.717) is 54.4 Å². The lowest BCUT2D eigenvalue weighted by Crippen LogP contribution is -2.40. The topological polar surface area (TPSA) is 118 Å². The normalized spacial score (nSPS) is 15.4. The minimum absolute atomic E-state index is 0.0437. The van der Waals surface area contributed by atoms with Gasteiger partial charge >= 0.3 is 5.97 Å². The van der Waals surface area contributed by atoms with E-state index in [-0.39, 0.29) is 44.0 Å². The Morgan fingerprint density at radius 3 is 2.34 bits per heavy atom. The minimum atomic E-state index is -0.922. The van der Waals surface area contributed by atoms with Crippen molar-refractivity contribution in [2.75, 3.05) is 33.5 Å². The van der Waals surface area contributed by atoms with Crippen LogP contribution in [0.1, 0.15) is 98.1 Å². The number of fused-ring (bicyclic) bond motifs is 1. The van der Waals surface area contributed by atoms with Gasteiger partial charge in [-0.2, -0.15) is 0 Å². The van der Waals surface area contributed by atoms with Crippen LogP contribution in [0.25, 0.3) is 0 Å². The van der Waals surface area contributed by atoms with E-state index < -0.39 is 11.6 Å². The molecule has 1 unspecified atom stereocenters. The van der Waals surface area contributed by atoms with Crippen LogP contribution in [0.3, 0.4) is 0 Å². The van der Waals surface area contributed by atoms with Crippen molar-refractivity contribution in [2.24, 2.45) is 0 Å². The number of aliphatic carboxylic acids is 1. The van der Waals surface area contributed by atoms with E-state index in [1.807, 2.05) is 13.0 Å². The summed E-state index contributed by atoms with van der Waals surface area (Å²) in [5, 5.41) is 9.12. The van der Waals surface area contributed by atoms with Crippen LogP contribution in [0.15, 0.2) is 24.3 Å². The summed E-state index contributed by atoms with van der Waals surface area (Å²) in [5.41, 5.74) is 1.89. The number of ketones is 2. The molecule has 0 saturated carbocycles. The summed E-state index contributed by atoms with van der Waals surface area (Å²) in [6.07, 6.45) is 4.08. The van der Waals surface area contributed by atoms with Gasteiger partial charge in [0.2, 0.25) is 0 Å². The predicted molar refractivity (Wildman–Crippen MR) is 166 cm³/mol. The van der Waals surface area contributed by atoms with Crippen molar-refractivity contribution >= 4 is 17.5 Å². The van der Waals surface area contributed by atoms with Crippen LogP contribution in [0.2, 0.25) is 0 Å². The van der Waals surface area contributed by atoms with Crippen molar-refractivity contribution in [1.29, 1.82) is 0 Å². The molecule has 3 rings (SSSR count). The lowest BCUT2D eigenvalue weighted by molar-refractivity contribution is -0.138. The maximum absolute atomic E-state index is 12.9. The monoisotopic (exact) mass is 608 g/mol. The molecule has 1 aliphatic heterocycles. The van der Waals surface area contributed by atoms with Gasteiger partial charge in [-0.15, -0.1) is 0 Å². The maximum Gasteiger partial charge on any atom is 0.303 e. The Hall–Kier alpha value is -4.03. The quantitative estimate of drug-likeness (QED) is 0.126. The zero-order valence-electron chi connectivity index (χ0n) is 26.5. The Morgan fingerprint density at radius 2 is 1.66 bits per heavy atom. The standard InChI is InChI=1S/C35H44O9/c1-6-11-27-30(15-13-25(24(3)36)33(27)40-5)43-22-10-20-41-19-8-9-21-42-31-16-14-26-29(37)23-35(4,18-17-32(38)39)44-34(26)28(31)12-7-2/h13-16H,6-7,10-12,17-23H2,1-5H3,(H,38,39). The third kappa shape index (κ3) is 9.23. The van der Waals surface area contributed by atoms with Gasteiger partial charge in [0.15, 0.2) is 11.6 Å². The number of hydrogen-bond donors (Lipinski definition) is 1. The fraction of sp³-hybridized carbons (Fsp3) is 0.514. The zero-order chi connectivity index (χ0) is 32.1. The summed E-state index contributed by atoms with van der Waals surface area (Å²) in [6, 6.07) is 7.05. The van der Waals surface area contributed by atoms with E-state index in [9.17, 15) is 14.4 Å². The van der Waals surface area contributed by atoms with Crippen molar-refractivity contribution in [1.82, 2.24) is 0 Å². The molecule has 0 aromatic heterocycles. The summed E-state index contributed by atoms with van der Waals surface area (Å²) < 4.78 is 29.4. The summed E-state index contributed by atoms with van der Waals surface area (Å²) in [5.74, 6) is 7.28. The molecule has 0 spiro atoms. The Labute approximate surface area is 260 Å². The number of carboxylic acid groups (broad SMARTS) is 1. The molecule has 2 aromatic rings. The number of ether oxygens (including phenoxy) is 5. The SMILES string of the molecule is CCCc1c(OCCCOCC#CCOc2ccc3c(c2CCC)OC(C)(CCC(=O)O)CC3=O)ccc(C(C)=O)c1OC. The summed E-state index contributed by atoms with van der Waals surface area (Å²) in [7, 11) is 1.57. The van der Waals surface area contributed by atoms with E-state index in [0.717, 1.165) is 36.1 Å². The second kappa shape index (κ2) is 16.7. The van der Waals surface area contributed by atoms with Crippen LogP contribution >= 0.6 is 0 Å². The number of carbonyl (C=O) groups is 3. The highest BCUT2D eigenvalue weighted by Crippen LogP contribution is 2.42. The largest absolute Gasteiger partial charge is 0.496 e. The first-order valence-corrected chi connectivity index (χ1v) is 15.2. The van der Waals surface area contributed by atoms with Crippen molar-refractivity contribution in [3.63, 3.8) is 0 Å². The van der Waals surface area contributed by atoms with Gasteiger partial charge < -0.3 is 28.8 Å². The zero-order valence-corrected chi connectivity index (χ0v) is 26.5. The first-order valence-electron chi connectivity index (χ1n) is 15.2. The number of rotatable bonds is 17. The number of carbonyl (C=O) groups excluding carboxylic acids is 2. The molecule has 1 N–H and O–H groups in total. The molecule has 1 aliphatic rings. The molecule has 2 aromatic carbocycles. The van der Waals surface area contributed by atoms with Gasteiger partial charge in [0.05, 0.1) is 37.9 Å². The summed E-state index contributed by atoms with van der Waals surface area (Å²) in [6.45, 7) is 8.72. The lowest BCUT2D eigenvalue weighted by atomic mass is 9.86. The maximum atomic E-state index is 12.9. The molecule has 0 bridgehead atoms. The number of Topliss-reactive ketones (excluding diaryl/α,β-unsaturated/α-hetero) is 2. The number of carboxylic acids is 1. The van der Waals surface area contributed by atoms with Gasteiger partial charge in [-0.1, -0.05) is 38.5 Å². The van der Waals surface area contributed by atoms with Crippen LogP contribution in [0, 0.1) is 11.8 Å². The fourth-order valence-corrected chi connectivity index (χ4v) is 5.22. The van der Waals surface area contributed by atoms with Crippen molar-refractivity contribution in [3.8, 4) is 34.8 Å². The third-order valence-electron chi connectivity index (χ3n) is 7.36. The predicted octanol–water partition coefficient (Wildman–Crippen LogP) is 6.26. The van der Waals surface area contributed by atoms with E-state index in [4.69, 9.17) is 28.8 Å². The van der Waals surface area contributed by atoms with Crippen LogP contribution < -0.4 is 18.9 Å². The van der Waals surface area contributed by atoms with Crippen molar-refractivity contribution < 1.29 is 43.2 Å². The second-order valence-electron chi connectivity index (χ2n) is 11.0. The summed E-state index contributed by atoms with van der Waals surface area (Å²) >= 11 is 0. The van der Waals surface area contributed by atoms with Gasteiger partial charge in [-0.05, 0) is 57.4 Å². The highest BCUT2D eigenvalue weighted by molar-refractivity contribution is 6.01. The molecule has 0 fully saturated rings. The number of hydrogen-bond acceptors (Lipinski definition) is 8.